The van der Waals surface area contributed by atoms with Gasteiger partial charge in [0.05, 0.1) is 0 Å². The smallest absolute Gasteiger partial charge is 0.327 e. The summed E-state index contributed by atoms with van der Waals surface area (Å²) in [6.45, 7) is 8.67. The average Bonchev–Trinajstić information content (AvgIpc) is 2.07. The highest BCUT2D eigenvalue weighted by molar-refractivity contribution is 5.78. The first-order chi connectivity index (χ1) is 5.68. The van der Waals surface area contributed by atoms with E-state index in [1.54, 1.807) is 6.08 Å². The molecule has 2 heteroatoms. The van der Waals surface area contributed by atoms with Crippen LogP contribution in [0.3, 0.4) is 0 Å². The molecule has 0 saturated carbocycles. The van der Waals surface area contributed by atoms with Crippen molar-refractivity contribution in [2.45, 2.75) is 19.8 Å². The monoisotopic (exact) mass is 168 g/mol. The molecule has 68 valence electrons. The zero-order chi connectivity index (χ0) is 9.82. The molecule has 0 heterocycles. The van der Waals surface area contributed by atoms with E-state index >= 15 is 0 Å². The van der Waals surface area contributed by atoms with E-state index in [9.17, 15) is 4.79 Å². The Morgan fingerprint density at radius 1 is 1.50 bits per heavy atom. The van der Waals surface area contributed by atoms with Crippen molar-refractivity contribution in [2.24, 2.45) is 0 Å². The van der Waals surface area contributed by atoms with Gasteiger partial charge in [0.15, 0.2) is 0 Å². The first kappa shape index (κ1) is 13.3. The molecule has 0 unspecified atom stereocenters. The maximum Gasteiger partial charge on any atom is 0.327 e. The summed E-state index contributed by atoms with van der Waals surface area (Å²) in [5, 5.41) is 7.60. The fraction of sp³-hybridized carbons (Fsp3) is 0.300. The number of rotatable bonds is 4. The molecule has 0 spiro atoms. The van der Waals surface area contributed by atoms with Crippen LogP contribution >= 0.6 is 0 Å². The summed E-state index contributed by atoms with van der Waals surface area (Å²) in [6.07, 6.45) is 9.13. The van der Waals surface area contributed by atoms with Gasteiger partial charge in [-0.1, -0.05) is 44.7 Å². The third kappa shape index (κ3) is 23.4. The maximum absolute atomic E-state index is 9.25. The molecule has 0 aliphatic heterocycles. The third-order valence-electron chi connectivity index (χ3n) is 0.902. The summed E-state index contributed by atoms with van der Waals surface area (Å²) in [5.74, 6) is -0.981. The van der Waals surface area contributed by atoms with Gasteiger partial charge < -0.3 is 5.11 Å². The van der Waals surface area contributed by atoms with Crippen molar-refractivity contribution in [3.05, 3.63) is 37.5 Å². The van der Waals surface area contributed by atoms with Crippen molar-refractivity contribution in [1.29, 1.82) is 0 Å². The van der Waals surface area contributed by atoms with Crippen LogP contribution < -0.4 is 0 Å². The number of carboxylic acids is 1. The Balaban J connectivity index is 0. The molecule has 0 bridgehead atoms. The molecule has 0 radical (unpaired) electrons. The Morgan fingerprint density at radius 3 is 2.25 bits per heavy atom. The van der Waals surface area contributed by atoms with Gasteiger partial charge in [0, 0.05) is 6.08 Å². The molecule has 0 aliphatic carbocycles. The molecule has 1 N–H and O–H groups in total. The predicted octanol–water partition coefficient (Wildman–Crippen LogP) is 2.79. The van der Waals surface area contributed by atoms with E-state index in [4.69, 9.17) is 5.11 Å². The van der Waals surface area contributed by atoms with Crippen LogP contribution in [0.4, 0.5) is 0 Å². The third-order valence-corrected chi connectivity index (χ3v) is 0.902. The van der Waals surface area contributed by atoms with E-state index in [0.29, 0.717) is 0 Å². The lowest BCUT2D eigenvalue weighted by Gasteiger charge is -1.77. The highest BCUT2D eigenvalue weighted by Crippen LogP contribution is 1.86. The van der Waals surface area contributed by atoms with Gasteiger partial charge in [-0.25, -0.2) is 4.79 Å². The summed E-state index contributed by atoms with van der Waals surface area (Å²) in [4.78, 5) is 9.25. The second kappa shape index (κ2) is 12.4. The van der Waals surface area contributed by atoms with Gasteiger partial charge >= 0.3 is 5.97 Å². The van der Waals surface area contributed by atoms with Gasteiger partial charge in [-0.15, -0.1) is 0 Å². The molecule has 0 aromatic rings. The predicted molar refractivity (Wildman–Crippen MR) is 52.1 cm³/mol. The summed E-state index contributed by atoms with van der Waals surface area (Å²) >= 11 is 0. The fourth-order valence-electron chi connectivity index (χ4n) is 0.359. The Morgan fingerprint density at radius 2 is 2.00 bits per heavy atom. The lowest BCUT2D eigenvalue weighted by molar-refractivity contribution is -0.131. The Labute approximate surface area is 73.9 Å². The van der Waals surface area contributed by atoms with E-state index in [1.807, 2.05) is 6.08 Å². The average molecular weight is 168 g/mol. The van der Waals surface area contributed by atoms with Crippen LogP contribution in [0.2, 0.25) is 0 Å². The van der Waals surface area contributed by atoms with Gasteiger partial charge in [0.25, 0.3) is 0 Å². The Hall–Kier alpha value is -1.31. The number of carboxylic acid groups (broad SMARTS) is 1. The SMILES string of the molecule is C=CC(=O)O.C=CC=CCCC. The topological polar surface area (TPSA) is 37.3 Å². The molecule has 0 rings (SSSR count). The first-order valence-corrected chi connectivity index (χ1v) is 3.81. The van der Waals surface area contributed by atoms with Crippen LogP contribution in [0.15, 0.2) is 37.5 Å². The van der Waals surface area contributed by atoms with Gasteiger partial charge in [0.2, 0.25) is 0 Å². The maximum atomic E-state index is 9.25. The van der Waals surface area contributed by atoms with Crippen LogP contribution in [-0.2, 0) is 4.79 Å². The number of unbranched alkanes of at least 4 members (excludes halogenated alkanes) is 1. The highest BCUT2D eigenvalue weighted by atomic mass is 16.4. The molecule has 0 aromatic carbocycles. The molecule has 0 saturated heterocycles. The minimum Gasteiger partial charge on any atom is -0.478 e. The molecule has 0 amide bonds. The second-order valence-electron chi connectivity index (χ2n) is 1.99. The van der Waals surface area contributed by atoms with Gasteiger partial charge in [-0.3, -0.25) is 0 Å². The fourth-order valence-corrected chi connectivity index (χ4v) is 0.359. The van der Waals surface area contributed by atoms with Crippen molar-refractivity contribution >= 4 is 5.97 Å². The van der Waals surface area contributed by atoms with Crippen molar-refractivity contribution in [1.82, 2.24) is 0 Å². The van der Waals surface area contributed by atoms with E-state index in [1.165, 1.54) is 12.8 Å². The Kier molecular flexibility index (Phi) is 13.7. The molecule has 0 aromatic heterocycles. The molecule has 0 fully saturated rings. The molecular formula is C10H16O2. The van der Waals surface area contributed by atoms with Crippen LogP contribution in [-0.4, -0.2) is 11.1 Å². The highest BCUT2D eigenvalue weighted by Gasteiger charge is 1.73. The minimum atomic E-state index is -0.981. The Bertz CT molecular complexity index is 157. The lowest BCUT2D eigenvalue weighted by Crippen LogP contribution is -1.82. The molecule has 12 heavy (non-hydrogen) atoms. The quantitative estimate of drug-likeness (QED) is 0.517. The van der Waals surface area contributed by atoms with Crippen molar-refractivity contribution in [2.75, 3.05) is 0 Å². The van der Waals surface area contributed by atoms with Crippen LogP contribution in [0.25, 0.3) is 0 Å². The van der Waals surface area contributed by atoms with Gasteiger partial charge in [-0.05, 0) is 6.42 Å². The largest absolute Gasteiger partial charge is 0.478 e. The normalized spacial score (nSPS) is 8.42. The number of hydrogen-bond acceptors (Lipinski definition) is 1. The number of hydrogen-bond donors (Lipinski definition) is 1. The summed E-state index contributed by atoms with van der Waals surface area (Å²) in [7, 11) is 0. The second-order valence-corrected chi connectivity index (χ2v) is 1.99. The number of carbonyl (C=O) groups is 1. The summed E-state index contributed by atoms with van der Waals surface area (Å²) in [6, 6.07) is 0. The summed E-state index contributed by atoms with van der Waals surface area (Å²) < 4.78 is 0. The minimum absolute atomic E-state index is 0.833. The van der Waals surface area contributed by atoms with Crippen LogP contribution in [0, 0.1) is 0 Å². The zero-order valence-electron chi connectivity index (χ0n) is 7.49. The molecule has 0 atom stereocenters. The standard InChI is InChI=1S/C7H12.C3H4O2/c1-3-5-7-6-4-2;1-2-3(4)5/h3,5,7H,1,4,6H2,2H3;2H,1H2,(H,4,5). The van der Waals surface area contributed by atoms with E-state index in [0.717, 1.165) is 6.08 Å². The van der Waals surface area contributed by atoms with Crippen molar-refractivity contribution < 1.29 is 9.90 Å². The molecular weight excluding hydrogens is 152 g/mol. The number of aliphatic carboxylic acids is 1. The number of allylic oxidation sites excluding steroid dienone is 3. The van der Waals surface area contributed by atoms with Crippen molar-refractivity contribution in [3.63, 3.8) is 0 Å². The molecule has 0 aliphatic rings. The van der Waals surface area contributed by atoms with Gasteiger partial charge in [-0.2, -0.15) is 0 Å². The first-order valence-electron chi connectivity index (χ1n) is 3.81. The van der Waals surface area contributed by atoms with E-state index in [-0.39, 0.29) is 0 Å². The van der Waals surface area contributed by atoms with E-state index in [2.05, 4.69) is 26.2 Å². The lowest BCUT2D eigenvalue weighted by atomic mass is 10.3. The van der Waals surface area contributed by atoms with Gasteiger partial charge in [0.1, 0.15) is 0 Å². The van der Waals surface area contributed by atoms with E-state index < -0.39 is 5.97 Å². The van der Waals surface area contributed by atoms with Crippen LogP contribution in [0.1, 0.15) is 19.8 Å². The van der Waals surface area contributed by atoms with Crippen LogP contribution in [0.5, 0.6) is 0 Å². The zero-order valence-corrected chi connectivity index (χ0v) is 7.49. The van der Waals surface area contributed by atoms with Crippen molar-refractivity contribution in [3.8, 4) is 0 Å². The summed E-state index contributed by atoms with van der Waals surface area (Å²) in [5.41, 5.74) is 0. The molecule has 2 nitrogen and oxygen atoms in total.